The highest BCUT2D eigenvalue weighted by Crippen LogP contribution is 2.26. The third-order valence-corrected chi connectivity index (χ3v) is 5.00. The molecule has 0 aromatic heterocycles. The van der Waals surface area contributed by atoms with E-state index >= 15 is 0 Å². The van der Waals surface area contributed by atoms with Crippen molar-refractivity contribution in [3.8, 4) is 0 Å². The molecule has 0 bridgehead atoms. The Morgan fingerprint density at radius 1 is 1.38 bits per heavy atom. The van der Waals surface area contributed by atoms with E-state index in [4.69, 9.17) is 0 Å². The fourth-order valence-electron chi connectivity index (χ4n) is 3.42. The van der Waals surface area contributed by atoms with Gasteiger partial charge in [-0.1, -0.05) is 41.9 Å². The molecule has 0 saturated carbocycles. The number of rotatable bonds is 7. The molecule has 3 atom stereocenters. The molecule has 1 aliphatic heterocycles. The summed E-state index contributed by atoms with van der Waals surface area (Å²) in [4.78, 5) is 2.66. The average Bonchev–Trinajstić information content (AvgIpc) is 2.77. The molecule has 1 aromatic carbocycles. The van der Waals surface area contributed by atoms with Gasteiger partial charge in [0.25, 0.3) is 0 Å². The molecule has 1 aliphatic rings. The van der Waals surface area contributed by atoms with Crippen molar-refractivity contribution >= 4 is 15.9 Å². The van der Waals surface area contributed by atoms with Crippen molar-refractivity contribution < 1.29 is 0 Å². The zero-order valence-electron chi connectivity index (χ0n) is 13.6. The summed E-state index contributed by atoms with van der Waals surface area (Å²) in [6, 6.07) is 9.95. The predicted octanol–water partition coefficient (Wildman–Crippen LogP) is 4.61. The van der Waals surface area contributed by atoms with E-state index in [0.717, 1.165) is 18.5 Å². The smallest absolute Gasteiger partial charge is 0.0332 e. The highest BCUT2D eigenvalue weighted by atomic mass is 79.9. The molecule has 2 rings (SSSR count). The molecule has 1 fully saturated rings. The molecular formula is C18H29BrN2. The summed E-state index contributed by atoms with van der Waals surface area (Å²) in [6.07, 6.45) is 3.72. The van der Waals surface area contributed by atoms with E-state index in [1.54, 1.807) is 0 Å². The Balaban J connectivity index is 1.96. The number of likely N-dealkylation sites (tertiary alicyclic amines) is 1. The van der Waals surface area contributed by atoms with Crippen molar-refractivity contribution in [1.82, 2.24) is 10.2 Å². The van der Waals surface area contributed by atoms with Crippen molar-refractivity contribution in [2.75, 3.05) is 19.6 Å². The summed E-state index contributed by atoms with van der Waals surface area (Å²) in [5.41, 5.74) is 1.40. The molecule has 21 heavy (non-hydrogen) atoms. The van der Waals surface area contributed by atoms with E-state index in [2.05, 4.69) is 71.2 Å². The van der Waals surface area contributed by atoms with E-state index in [1.165, 1.54) is 42.4 Å². The quantitative estimate of drug-likeness (QED) is 0.770. The molecule has 0 amide bonds. The lowest BCUT2D eigenvalue weighted by Crippen LogP contribution is -2.32. The topological polar surface area (TPSA) is 15.3 Å². The maximum atomic E-state index is 3.72. The zero-order valence-corrected chi connectivity index (χ0v) is 15.2. The van der Waals surface area contributed by atoms with Gasteiger partial charge in [0.2, 0.25) is 0 Å². The predicted molar refractivity (Wildman–Crippen MR) is 94.6 cm³/mol. The van der Waals surface area contributed by atoms with Crippen LogP contribution < -0.4 is 5.32 Å². The molecule has 0 aliphatic carbocycles. The first-order valence-corrected chi connectivity index (χ1v) is 9.12. The number of nitrogens with zero attached hydrogens (tertiary/aromatic N) is 1. The van der Waals surface area contributed by atoms with Crippen LogP contribution in [0.2, 0.25) is 0 Å². The van der Waals surface area contributed by atoms with Gasteiger partial charge >= 0.3 is 0 Å². The fraction of sp³-hybridized carbons (Fsp3) is 0.667. The van der Waals surface area contributed by atoms with Crippen molar-refractivity contribution in [3.05, 3.63) is 34.3 Å². The van der Waals surface area contributed by atoms with Crippen molar-refractivity contribution in [2.45, 2.75) is 52.1 Å². The summed E-state index contributed by atoms with van der Waals surface area (Å²) >= 11 is 3.60. The van der Waals surface area contributed by atoms with Crippen LogP contribution in [0.25, 0.3) is 0 Å². The molecule has 1 N–H and O–H groups in total. The van der Waals surface area contributed by atoms with Gasteiger partial charge in [-0.2, -0.15) is 0 Å². The Kier molecular flexibility index (Phi) is 6.72. The zero-order chi connectivity index (χ0) is 15.2. The van der Waals surface area contributed by atoms with E-state index in [0.29, 0.717) is 6.04 Å². The normalized spacial score (nSPS) is 24.4. The minimum absolute atomic E-state index is 0.463. The standard InChI is InChI=1S/C18H29BrN2/c1-4-9-20-18(16-6-5-7-17(19)12-16)8-10-21-13-14(2)11-15(21)3/h5-7,12,14-15,18,20H,4,8-11,13H2,1-3H3. The molecule has 2 nitrogen and oxygen atoms in total. The first-order chi connectivity index (χ1) is 10.1. The maximum absolute atomic E-state index is 3.72. The molecule has 3 heteroatoms. The Hall–Kier alpha value is -0.380. The Labute approximate surface area is 138 Å². The second kappa shape index (κ2) is 8.30. The van der Waals surface area contributed by atoms with Gasteiger partial charge < -0.3 is 10.2 Å². The fourth-order valence-corrected chi connectivity index (χ4v) is 3.84. The summed E-state index contributed by atoms with van der Waals surface area (Å²) in [5, 5.41) is 3.72. The third-order valence-electron chi connectivity index (χ3n) is 4.51. The van der Waals surface area contributed by atoms with E-state index in [1.807, 2.05) is 0 Å². The van der Waals surface area contributed by atoms with Gasteiger partial charge in [0, 0.05) is 29.6 Å². The van der Waals surface area contributed by atoms with Crippen LogP contribution in [-0.4, -0.2) is 30.6 Å². The highest BCUT2D eigenvalue weighted by molar-refractivity contribution is 9.10. The minimum atomic E-state index is 0.463. The number of benzene rings is 1. The van der Waals surface area contributed by atoms with Gasteiger partial charge in [-0.3, -0.25) is 0 Å². The lowest BCUT2D eigenvalue weighted by molar-refractivity contribution is 0.248. The Morgan fingerprint density at radius 3 is 2.81 bits per heavy atom. The molecule has 1 saturated heterocycles. The monoisotopic (exact) mass is 352 g/mol. The highest BCUT2D eigenvalue weighted by Gasteiger charge is 2.26. The van der Waals surface area contributed by atoms with Crippen LogP contribution in [-0.2, 0) is 0 Å². The lowest BCUT2D eigenvalue weighted by Gasteiger charge is -2.25. The van der Waals surface area contributed by atoms with E-state index < -0.39 is 0 Å². The summed E-state index contributed by atoms with van der Waals surface area (Å²) in [6.45, 7) is 10.5. The number of hydrogen-bond donors (Lipinski definition) is 1. The van der Waals surface area contributed by atoms with Gasteiger partial charge in [-0.05, 0) is 56.3 Å². The third kappa shape index (κ3) is 5.08. The average molecular weight is 353 g/mol. The van der Waals surface area contributed by atoms with Crippen LogP contribution >= 0.6 is 15.9 Å². The van der Waals surface area contributed by atoms with Crippen molar-refractivity contribution in [2.24, 2.45) is 5.92 Å². The second-order valence-electron chi connectivity index (χ2n) is 6.54. The van der Waals surface area contributed by atoms with Crippen LogP contribution in [0.4, 0.5) is 0 Å². The second-order valence-corrected chi connectivity index (χ2v) is 7.45. The van der Waals surface area contributed by atoms with E-state index in [-0.39, 0.29) is 0 Å². The SMILES string of the molecule is CCCNC(CCN1CC(C)CC1C)c1cccc(Br)c1. The summed E-state index contributed by atoms with van der Waals surface area (Å²) < 4.78 is 1.17. The van der Waals surface area contributed by atoms with Crippen LogP contribution in [0.5, 0.6) is 0 Å². The summed E-state index contributed by atoms with van der Waals surface area (Å²) in [7, 11) is 0. The first kappa shape index (κ1) is 17.0. The number of hydrogen-bond acceptors (Lipinski definition) is 2. The number of halogens is 1. The van der Waals surface area contributed by atoms with Crippen LogP contribution in [0, 0.1) is 5.92 Å². The lowest BCUT2D eigenvalue weighted by atomic mass is 10.0. The van der Waals surface area contributed by atoms with Gasteiger partial charge in [0.05, 0.1) is 0 Å². The Morgan fingerprint density at radius 2 is 2.19 bits per heavy atom. The molecule has 1 heterocycles. The minimum Gasteiger partial charge on any atom is -0.310 e. The molecule has 0 radical (unpaired) electrons. The van der Waals surface area contributed by atoms with Crippen molar-refractivity contribution in [3.63, 3.8) is 0 Å². The maximum Gasteiger partial charge on any atom is 0.0332 e. The molecular weight excluding hydrogens is 324 g/mol. The largest absolute Gasteiger partial charge is 0.310 e. The number of nitrogens with one attached hydrogen (secondary N) is 1. The Bertz CT molecular complexity index is 435. The van der Waals surface area contributed by atoms with Gasteiger partial charge in [0.15, 0.2) is 0 Å². The van der Waals surface area contributed by atoms with Gasteiger partial charge in [-0.25, -0.2) is 0 Å². The molecule has 3 unspecified atom stereocenters. The van der Waals surface area contributed by atoms with E-state index in [9.17, 15) is 0 Å². The molecule has 0 spiro atoms. The summed E-state index contributed by atoms with van der Waals surface area (Å²) in [5.74, 6) is 0.855. The van der Waals surface area contributed by atoms with Gasteiger partial charge in [-0.15, -0.1) is 0 Å². The first-order valence-electron chi connectivity index (χ1n) is 8.33. The molecule has 118 valence electrons. The van der Waals surface area contributed by atoms with Gasteiger partial charge in [0.1, 0.15) is 0 Å². The van der Waals surface area contributed by atoms with Crippen LogP contribution in [0.3, 0.4) is 0 Å². The van der Waals surface area contributed by atoms with Crippen LogP contribution in [0.1, 0.15) is 51.6 Å². The van der Waals surface area contributed by atoms with Crippen LogP contribution in [0.15, 0.2) is 28.7 Å². The van der Waals surface area contributed by atoms with Crippen molar-refractivity contribution in [1.29, 1.82) is 0 Å². The molecule has 1 aromatic rings.